The number of benzene rings is 2. The largest absolute Gasteiger partial charge is 0.507 e. The molecule has 0 aliphatic heterocycles. The van der Waals surface area contributed by atoms with Gasteiger partial charge in [0, 0.05) is 18.4 Å². The van der Waals surface area contributed by atoms with Crippen molar-refractivity contribution in [1.82, 2.24) is 0 Å². The fraction of sp³-hybridized carbons (Fsp3) is 0.400. The van der Waals surface area contributed by atoms with Crippen LogP contribution >= 0.6 is 0 Å². The summed E-state index contributed by atoms with van der Waals surface area (Å²) in [7, 11) is 0. The second-order valence-electron chi connectivity index (χ2n) is 7.82. The molecule has 156 valence electrons. The molecule has 2 rings (SSSR count). The lowest BCUT2D eigenvalue weighted by atomic mass is 9.99. The monoisotopic (exact) mass is 396 g/mol. The highest BCUT2D eigenvalue weighted by atomic mass is 16.5. The van der Waals surface area contributed by atoms with Gasteiger partial charge in [-0.25, -0.2) is 0 Å². The highest BCUT2D eigenvalue weighted by molar-refractivity contribution is 5.42. The Morgan fingerprint density at radius 1 is 1.07 bits per heavy atom. The van der Waals surface area contributed by atoms with E-state index in [0.717, 1.165) is 28.0 Å². The second-order valence-corrected chi connectivity index (χ2v) is 7.82. The number of phenols is 1. The zero-order valence-electron chi connectivity index (χ0n) is 17.7. The molecule has 0 saturated carbocycles. The third-order valence-corrected chi connectivity index (χ3v) is 4.93. The quantitative estimate of drug-likeness (QED) is 0.522. The molecule has 0 fully saturated rings. The standard InChI is InChI=1S/C25H32O4/c1-17(2)24(27)15-20(16-29-22-10-6-5-7-11-22)9-8-12-23(26)21-13-18(3)25(28)19(4)14-21/h5-8,10-11,13-14,17,23-24,26-28H,12,15-16H2,1-4H3/t9?,23-,24-/m1/s1. The number of hydrogen-bond donors (Lipinski definition) is 3. The van der Waals surface area contributed by atoms with Crippen LogP contribution in [0.3, 0.4) is 0 Å². The molecule has 0 amide bonds. The van der Waals surface area contributed by atoms with Gasteiger partial charge in [-0.05, 0) is 66.8 Å². The summed E-state index contributed by atoms with van der Waals surface area (Å²) in [6, 6.07) is 13.1. The molecule has 0 aliphatic carbocycles. The van der Waals surface area contributed by atoms with Gasteiger partial charge in [-0.15, -0.1) is 5.73 Å². The number of aryl methyl sites for hydroxylation is 2. The summed E-state index contributed by atoms with van der Waals surface area (Å²) in [4.78, 5) is 0. The van der Waals surface area contributed by atoms with Gasteiger partial charge in [0.05, 0.1) is 12.2 Å². The van der Waals surface area contributed by atoms with E-state index in [2.05, 4.69) is 5.73 Å². The Kier molecular flexibility index (Phi) is 8.53. The van der Waals surface area contributed by atoms with Crippen LogP contribution < -0.4 is 4.74 Å². The fourth-order valence-electron chi connectivity index (χ4n) is 2.97. The lowest BCUT2D eigenvalue weighted by Crippen LogP contribution is -2.17. The number of para-hydroxylation sites is 1. The Hall–Kier alpha value is -2.52. The minimum atomic E-state index is -0.688. The zero-order valence-corrected chi connectivity index (χ0v) is 17.7. The van der Waals surface area contributed by atoms with Crippen molar-refractivity contribution in [3.05, 3.63) is 76.5 Å². The first kappa shape index (κ1) is 22.8. The molecule has 0 heterocycles. The minimum absolute atomic E-state index is 0.136. The van der Waals surface area contributed by atoms with Gasteiger partial charge in [-0.2, -0.15) is 0 Å². The average Bonchev–Trinajstić information content (AvgIpc) is 2.70. The molecule has 0 aliphatic rings. The molecule has 4 nitrogen and oxygen atoms in total. The molecule has 2 aromatic carbocycles. The molecule has 0 radical (unpaired) electrons. The summed E-state index contributed by atoms with van der Waals surface area (Å²) in [6.07, 6.45) is 1.48. The normalized spacial score (nSPS) is 12.9. The van der Waals surface area contributed by atoms with E-state index in [1.54, 1.807) is 18.2 Å². The fourth-order valence-corrected chi connectivity index (χ4v) is 2.97. The van der Waals surface area contributed by atoms with Gasteiger partial charge >= 0.3 is 0 Å². The molecule has 0 aromatic heterocycles. The SMILES string of the molecule is Cc1cc([C@H](O)CC=C=C(COc2ccccc2)C[C@@H](O)C(C)C)cc(C)c1O. The first-order valence-electron chi connectivity index (χ1n) is 10.0. The van der Waals surface area contributed by atoms with Gasteiger partial charge in [-0.1, -0.05) is 32.0 Å². The molecule has 0 saturated heterocycles. The number of phenolic OH excluding ortho intramolecular Hbond substituents is 1. The van der Waals surface area contributed by atoms with E-state index < -0.39 is 12.2 Å². The van der Waals surface area contributed by atoms with Crippen LogP contribution in [-0.4, -0.2) is 28.0 Å². The molecule has 0 bridgehead atoms. The summed E-state index contributed by atoms with van der Waals surface area (Å²) in [5.74, 6) is 1.16. The summed E-state index contributed by atoms with van der Waals surface area (Å²) < 4.78 is 5.81. The third kappa shape index (κ3) is 7.10. The topological polar surface area (TPSA) is 69.9 Å². The van der Waals surface area contributed by atoms with E-state index in [9.17, 15) is 15.3 Å². The van der Waals surface area contributed by atoms with E-state index in [-0.39, 0.29) is 11.7 Å². The molecule has 0 spiro atoms. The van der Waals surface area contributed by atoms with E-state index >= 15 is 0 Å². The number of ether oxygens (including phenoxy) is 1. The van der Waals surface area contributed by atoms with E-state index in [0.29, 0.717) is 19.4 Å². The highest BCUT2D eigenvalue weighted by Crippen LogP contribution is 2.27. The average molecular weight is 397 g/mol. The van der Waals surface area contributed by atoms with Gasteiger partial charge in [-0.3, -0.25) is 0 Å². The van der Waals surface area contributed by atoms with Crippen molar-refractivity contribution in [2.24, 2.45) is 5.92 Å². The minimum Gasteiger partial charge on any atom is -0.507 e. The summed E-state index contributed by atoms with van der Waals surface area (Å²) in [5, 5.41) is 30.7. The first-order chi connectivity index (χ1) is 13.8. The van der Waals surface area contributed by atoms with Gasteiger partial charge in [0.1, 0.15) is 18.1 Å². The second kappa shape index (κ2) is 10.9. The maximum atomic E-state index is 10.5. The van der Waals surface area contributed by atoms with E-state index in [1.807, 2.05) is 58.0 Å². The number of aliphatic hydroxyl groups excluding tert-OH is 2. The van der Waals surface area contributed by atoms with Crippen LogP contribution in [0.4, 0.5) is 0 Å². The Morgan fingerprint density at radius 2 is 1.69 bits per heavy atom. The number of aliphatic hydroxyl groups is 2. The lowest BCUT2D eigenvalue weighted by Gasteiger charge is -2.16. The molecule has 0 unspecified atom stereocenters. The Labute approximate surface area is 173 Å². The van der Waals surface area contributed by atoms with E-state index in [1.165, 1.54) is 0 Å². The third-order valence-electron chi connectivity index (χ3n) is 4.93. The molecule has 4 heteroatoms. The highest BCUT2D eigenvalue weighted by Gasteiger charge is 2.13. The van der Waals surface area contributed by atoms with Crippen LogP contribution in [0.2, 0.25) is 0 Å². The smallest absolute Gasteiger partial charge is 0.121 e. The van der Waals surface area contributed by atoms with Crippen LogP contribution in [0, 0.1) is 19.8 Å². The molecule has 29 heavy (non-hydrogen) atoms. The van der Waals surface area contributed by atoms with Crippen LogP contribution in [-0.2, 0) is 0 Å². The Balaban J connectivity index is 2.12. The van der Waals surface area contributed by atoms with Crippen molar-refractivity contribution < 1.29 is 20.1 Å². The van der Waals surface area contributed by atoms with Crippen molar-refractivity contribution in [1.29, 1.82) is 0 Å². The van der Waals surface area contributed by atoms with Gasteiger partial charge in [0.25, 0.3) is 0 Å². The van der Waals surface area contributed by atoms with Crippen molar-refractivity contribution in [3.63, 3.8) is 0 Å². The number of aromatic hydroxyl groups is 1. The maximum absolute atomic E-state index is 10.5. The van der Waals surface area contributed by atoms with Gasteiger partial charge in [0.2, 0.25) is 0 Å². The molecular weight excluding hydrogens is 364 g/mol. The summed E-state index contributed by atoms with van der Waals surface area (Å²) in [6.45, 7) is 7.92. The first-order valence-corrected chi connectivity index (χ1v) is 10.0. The van der Waals surface area contributed by atoms with Crippen LogP contribution in [0.15, 0.2) is 59.8 Å². The van der Waals surface area contributed by atoms with Crippen LogP contribution in [0.25, 0.3) is 0 Å². The Morgan fingerprint density at radius 3 is 2.28 bits per heavy atom. The van der Waals surface area contributed by atoms with Crippen molar-refractivity contribution in [2.75, 3.05) is 6.61 Å². The van der Waals surface area contributed by atoms with E-state index in [4.69, 9.17) is 4.74 Å². The number of hydrogen-bond acceptors (Lipinski definition) is 4. The predicted octanol–water partition coefficient (Wildman–Crippen LogP) is 5.00. The van der Waals surface area contributed by atoms with Gasteiger partial charge < -0.3 is 20.1 Å². The summed E-state index contributed by atoms with van der Waals surface area (Å²) >= 11 is 0. The molecular formula is C25H32O4. The maximum Gasteiger partial charge on any atom is 0.121 e. The predicted molar refractivity (Wildman–Crippen MR) is 116 cm³/mol. The molecule has 3 N–H and O–H groups in total. The van der Waals surface area contributed by atoms with Crippen LogP contribution in [0.5, 0.6) is 11.5 Å². The van der Waals surface area contributed by atoms with Gasteiger partial charge in [0.15, 0.2) is 0 Å². The van der Waals surface area contributed by atoms with Crippen molar-refractivity contribution in [2.45, 2.75) is 52.7 Å². The zero-order chi connectivity index (χ0) is 21.4. The molecule has 2 atom stereocenters. The van der Waals surface area contributed by atoms with Crippen molar-refractivity contribution >= 4 is 0 Å². The lowest BCUT2D eigenvalue weighted by molar-refractivity contribution is 0.122. The molecule has 2 aromatic rings. The summed E-state index contributed by atoms with van der Waals surface area (Å²) in [5.41, 5.74) is 6.32. The Bertz CT molecular complexity index is 825. The number of rotatable bonds is 9. The van der Waals surface area contributed by atoms with Crippen LogP contribution in [0.1, 0.15) is 49.5 Å². The van der Waals surface area contributed by atoms with Crippen molar-refractivity contribution in [3.8, 4) is 11.5 Å².